The van der Waals surface area contributed by atoms with Crippen LogP contribution in [0.1, 0.15) is 32.3 Å². The van der Waals surface area contributed by atoms with Crippen LogP contribution in [0.4, 0.5) is 0 Å². The van der Waals surface area contributed by atoms with Gasteiger partial charge in [0.05, 0.1) is 6.61 Å². The van der Waals surface area contributed by atoms with Crippen molar-refractivity contribution in [3.63, 3.8) is 0 Å². The van der Waals surface area contributed by atoms with E-state index >= 15 is 0 Å². The molecule has 0 saturated heterocycles. The minimum Gasteiger partial charge on any atom is -0.383 e. The Hall–Kier alpha value is -0.900. The third kappa shape index (κ3) is 6.51. The molecule has 0 aliphatic heterocycles. The predicted octanol–water partition coefficient (Wildman–Crippen LogP) is 2.69. The molecule has 0 saturated carbocycles. The first kappa shape index (κ1) is 17.2. The van der Waals surface area contributed by atoms with Crippen molar-refractivity contribution in [1.82, 2.24) is 4.90 Å². The van der Waals surface area contributed by atoms with Crippen LogP contribution in [0.2, 0.25) is 0 Å². The minimum absolute atomic E-state index is 0.223. The Morgan fingerprint density at radius 3 is 2.55 bits per heavy atom. The molecule has 0 bridgehead atoms. The molecule has 2 atom stereocenters. The topological polar surface area (TPSA) is 38.5 Å². The van der Waals surface area contributed by atoms with Gasteiger partial charge >= 0.3 is 0 Å². The zero-order valence-electron chi connectivity index (χ0n) is 13.2. The number of hydrogen-bond acceptors (Lipinski definition) is 3. The number of nitrogens with two attached hydrogens (primary N) is 1. The molecule has 0 spiro atoms. The van der Waals surface area contributed by atoms with Crippen molar-refractivity contribution in [3.8, 4) is 0 Å². The number of ether oxygens (including phenoxy) is 1. The average molecular weight is 278 g/mol. The number of aryl methyl sites for hydroxylation is 1. The van der Waals surface area contributed by atoms with Gasteiger partial charge in [-0.1, -0.05) is 37.3 Å². The van der Waals surface area contributed by atoms with E-state index in [1.165, 1.54) is 5.56 Å². The normalized spacial score (nSPS) is 14.4. The molecule has 0 radical (unpaired) electrons. The van der Waals surface area contributed by atoms with Crippen LogP contribution in [0.3, 0.4) is 0 Å². The fraction of sp³-hybridized carbons (Fsp3) is 0.647. The Morgan fingerprint density at radius 1 is 1.25 bits per heavy atom. The zero-order chi connectivity index (χ0) is 14.8. The monoisotopic (exact) mass is 278 g/mol. The molecule has 0 aromatic heterocycles. The minimum atomic E-state index is 0.223. The largest absolute Gasteiger partial charge is 0.383 e. The van der Waals surface area contributed by atoms with Crippen LogP contribution < -0.4 is 5.73 Å². The van der Waals surface area contributed by atoms with Crippen LogP contribution in [0.5, 0.6) is 0 Å². The lowest BCUT2D eigenvalue weighted by Gasteiger charge is -2.30. The summed E-state index contributed by atoms with van der Waals surface area (Å²) in [4.78, 5) is 2.44. The molecule has 0 fully saturated rings. The van der Waals surface area contributed by atoms with E-state index in [-0.39, 0.29) is 6.04 Å². The van der Waals surface area contributed by atoms with Crippen molar-refractivity contribution >= 4 is 0 Å². The Balaban J connectivity index is 2.38. The highest BCUT2D eigenvalue weighted by atomic mass is 16.5. The summed E-state index contributed by atoms with van der Waals surface area (Å²) in [6.45, 7) is 7.17. The second-order valence-corrected chi connectivity index (χ2v) is 5.53. The van der Waals surface area contributed by atoms with Gasteiger partial charge in [0.15, 0.2) is 0 Å². The van der Waals surface area contributed by atoms with E-state index in [0.717, 1.165) is 39.0 Å². The van der Waals surface area contributed by atoms with Crippen LogP contribution in [0.15, 0.2) is 30.3 Å². The molecule has 1 rings (SSSR count). The summed E-state index contributed by atoms with van der Waals surface area (Å²) in [6, 6.07) is 11.4. The van der Waals surface area contributed by atoms with Crippen LogP contribution >= 0.6 is 0 Å². The summed E-state index contributed by atoms with van der Waals surface area (Å²) in [5, 5.41) is 0. The Morgan fingerprint density at radius 2 is 1.95 bits per heavy atom. The van der Waals surface area contributed by atoms with Gasteiger partial charge in [0.25, 0.3) is 0 Å². The Kier molecular flexibility index (Phi) is 8.51. The average Bonchev–Trinajstić information content (AvgIpc) is 2.49. The van der Waals surface area contributed by atoms with Gasteiger partial charge in [-0.25, -0.2) is 0 Å². The molecule has 2 N–H and O–H groups in total. The number of methoxy groups -OCH3 is 1. The summed E-state index contributed by atoms with van der Waals surface area (Å²) in [5.74, 6) is 0. The second-order valence-electron chi connectivity index (χ2n) is 5.53. The van der Waals surface area contributed by atoms with E-state index in [0.29, 0.717) is 6.04 Å². The maximum absolute atomic E-state index is 6.30. The molecule has 0 amide bonds. The fourth-order valence-electron chi connectivity index (χ4n) is 2.35. The molecule has 1 aromatic rings. The van der Waals surface area contributed by atoms with E-state index < -0.39 is 0 Å². The highest BCUT2D eigenvalue weighted by Crippen LogP contribution is 2.08. The lowest BCUT2D eigenvalue weighted by Crippen LogP contribution is -2.43. The lowest BCUT2D eigenvalue weighted by atomic mass is 10.0. The standard InChI is InChI=1S/C17H30N2O/c1-4-15(2)19(12-13-20-3)14-17(18)11-10-16-8-6-5-7-9-16/h5-9,15,17H,4,10-14,18H2,1-3H3. The number of nitrogens with zero attached hydrogens (tertiary/aromatic N) is 1. The number of benzene rings is 1. The molecule has 0 heterocycles. The third-order valence-corrected chi connectivity index (χ3v) is 3.91. The first-order valence-corrected chi connectivity index (χ1v) is 7.69. The summed E-state index contributed by atoms with van der Waals surface area (Å²) in [7, 11) is 1.75. The molecule has 0 aliphatic rings. The molecular weight excluding hydrogens is 248 g/mol. The Labute approximate surface area is 124 Å². The Bertz CT molecular complexity index is 342. The quantitative estimate of drug-likeness (QED) is 0.715. The smallest absolute Gasteiger partial charge is 0.0589 e. The van der Waals surface area contributed by atoms with Crippen LogP contribution in [-0.4, -0.2) is 43.8 Å². The highest BCUT2D eigenvalue weighted by Gasteiger charge is 2.15. The molecule has 3 nitrogen and oxygen atoms in total. The van der Waals surface area contributed by atoms with Gasteiger partial charge in [0.1, 0.15) is 0 Å². The molecule has 0 aliphatic carbocycles. The van der Waals surface area contributed by atoms with Gasteiger partial charge < -0.3 is 10.5 Å². The zero-order valence-corrected chi connectivity index (χ0v) is 13.2. The fourth-order valence-corrected chi connectivity index (χ4v) is 2.35. The molecule has 114 valence electrons. The maximum Gasteiger partial charge on any atom is 0.0589 e. The second kappa shape index (κ2) is 9.92. The van der Waals surface area contributed by atoms with E-state index in [4.69, 9.17) is 10.5 Å². The van der Waals surface area contributed by atoms with E-state index in [9.17, 15) is 0 Å². The molecule has 3 heteroatoms. The van der Waals surface area contributed by atoms with E-state index in [2.05, 4.69) is 49.1 Å². The van der Waals surface area contributed by atoms with Gasteiger partial charge in [0, 0.05) is 32.3 Å². The summed E-state index contributed by atoms with van der Waals surface area (Å²) in [5.41, 5.74) is 7.67. The molecule has 20 heavy (non-hydrogen) atoms. The first-order chi connectivity index (χ1) is 9.67. The van der Waals surface area contributed by atoms with Crippen molar-refractivity contribution in [2.24, 2.45) is 5.73 Å². The van der Waals surface area contributed by atoms with Crippen LogP contribution in [0, 0.1) is 0 Å². The third-order valence-electron chi connectivity index (χ3n) is 3.91. The van der Waals surface area contributed by atoms with Crippen LogP contribution in [-0.2, 0) is 11.2 Å². The number of hydrogen-bond donors (Lipinski definition) is 1. The molecule has 2 unspecified atom stereocenters. The predicted molar refractivity (Wildman–Crippen MR) is 85.9 cm³/mol. The summed E-state index contributed by atoms with van der Waals surface area (Å²) in [6.07, 6.45) is 3.24. The van der Waals surface area contributed by atoms with Crippen molar-refractivity contribution < 1.29 is 4.74 Å². The lowest BCUT2D eigenvalue weighted by molar-refractivity contribution is 0.117. The SMILES string of the molecule is CCC(C)N(CCOC)CC(N)CCc1ccccc1. The maximum atomic E-state index is 6.30. The molecular formula is C17H30N2O. The van der Waals surface area contributed by atoms with Crippen molar-refractivity contribution in [1.29, 1.82) is 0 Å². The first-order valence-electron chi connectivity index (χ1n) is 7.69. The van der Waals surface area contributed by atoms with Crippen molar-refractivity contribution in [2.45, 2.75) is 45.2 Å². The van der Waals surface area contributed by atoms with Gasteiger partial charge in [-0.05, 0) is 31.7 Å². The van der Waals surface area contributed by atoms with Gasteiger partial charge in [-0.3, -0.25) is 4.90 Å². The highest BCUT2D eigenvalue weighted by molar-refractivity contribution is 5.14. The van der Waals surface area contributed by atoms with Crippen LogP contribution in [0.25, 0.3) is 0 Å². The van der Waals surface area contributed by atoms with E-state index in [1.807, 2.05) is 0 Å². The molecule has 1 aromatic carbocycles. The summed E-state index contributed by atoms with van der Waals surface area (Å²) < 4.78 is 5.20. The van der Waals surface area contributed by atoms with Gasteiger partial charge in [-0.15, -0.1) is 0 Å². The van der Waals surface area contributed by atoms with Crippen molar-refractivity contribution in [3.05, 3.63) is 35.9 Å². The summed E-state index contributed by atoms with van der Waals surface area (Å²) >= 11 is 0. The van der Waals surface area contributed by atoms with Crippen molar-refractivity contribution in [2.75, 3.05) is 26.8 Å². The number of rotatable bonds is 10. The van der Waals surface area contributed by atoms with E-state index in [1.54, 1.807) is 7.11 Å². The van der Waals surface area contributed by atoms with Gasteiger partial charge in [-0.2, -0.15) is 0 Å². The van der Waals surface area contributed by atoms with Gasteiger partial charge in [0.2, 0.25) is 0 Å².